The first-order valence-corrected chi connectivity index (χ1v) is 12.7. The zero-order valence-electron chi connectivity index (χ0n) is 17.3. The van der Waals surface area contributed by atoms with Crippen LogP contribution in [0.2, 0.25) is 10.0 Å². The smallest absolute Gasteiger partial charge is 0.403 e. The van der Waals surface area contributed by atoms with Crippen molar-refractivity contribution in [2.24, 2.45) is 0 Å². The van der Waals surface area contributed by atoms with Crippen molar-refractivity contribution < 1.29 is 17.6 Å². The van der Waals surface area contributed by atoms with E-state index in [4.69, 9.17) is 27.6 Å². The van der Waals surface area contributed by atoms with Gasteiger partial charge in [0, 0.05) is 15.1 Å². The highest BCUT2D eigenvalue weighted by atomic mass is 79.9. The number of alkyl halides is 3. The lowest BCUT2D eigenvalue weighted by Crippen LogP contribution is -2.28. The molecule has 0 radical (unpaired) electrons. The topological polar surface area (TPSA) is 56.7 Å². The predicted octanol–water partition coefficient (Wildman–Crippen LogP) is 7.97. The molecular weight excluding hydrogens is 576 g/mol. The summed E-state index contributed by atoms with van der Waals surface area (Å²) in [5, 5.41) is 13.2. The van der Waals surface area contributed by atoms with E-state index in [-0.39, 0.29) is 24.4 Å². The highest BCUT2D eigenvalue weighted by molar-refractivity contribution is 9.10. The lowest BCUT2D eigenvalue weighted by atomic mass is 10.1. The van der Waals surface area contributed by atoms with E-state index in [1.807, 2.05) is 30.5 Å². The third-order valence-electron chi connectivity index (χ3n) is 5.63. The summed E-state index contributed by atoms with van der Waals surface area (Å²) in [6.45, 7) is 0. The summed E-state index contributed by atoms with van der Waals surface area (Å²) in [6, 6.07) is 12.5. The summed E-state index contributed by atoms with van der Waals surface area (Å²) >= 11 is 17.4. The SMILES string of the molecule is CSc1c(-c2nnc(C3(C(F)(F)F)CC3)o2)nn(-c2ccc(Cl)cc2Cl)c1-c1ccc(Br)cc1. The monoisotopic (exact) mass is 588 g/mol. The lowest BCUT2D eigenvalue weighted by molar-refractivity contribution is -0.165. The van der Waals surface area contributed by atoms with Gasteiger partial charge >= 0.3 is 6.18 Å². The van der Waals surface area contributed by atoms with Gasteiger partial charge in [-0.2, -0.15) is 18.3 Å². The Bertz CT molecular complexity index is 1380. The molecule has 0 amide bonds. The second kappa shape index (κ2) is 8.58. The van der Waals surface area contributed by atoms with Gasteiger partial charge in [0.05, 0.1) is 21.3 Å². The largest absolute Gasteiger partial charge is 0.418 e. The molecule has 0 atom stereocenters. The minimum absolute atomic E-state index is 0.0769. The van der Waals surface area contributed by atoms with Crippen molar-refractivity contribution in [1.82, 2.24) is 20.0 Å². The molecule has 5 rings (SSSR count). The average molecular weight is 590 g/mol. The van der Waals surface area contributed by atoms with E-state index >= 15 is 0 Å². The standard InChI is InChI=1S/C22H14BrCl2F3N4OS/c1-34-18-16(19-29-30-20(33-19)21(8-9-21)22(26,27)28)31-32(15-7-6-13(24)10-14(15)25)17(18)11-2-4-12(23)5-3-11/h2-7,10H,8-9H2,1H3. The van der Waals surface area contributed by atoms with Gasteiger partial charge in [0.25, 0.3) is 5.89 Å². The van der Waals surface area contributed by atoms with E-state index in [2.05, 4.69) is 31.2 Å². The molecule has 34 heavy (non-hydrogen) atoms. The van der Waals surface area contributed by atoms with Crippen LogP contribution in [-0.2, 0) is 5.41 Å². The quantitative estimate of drug-likeness (QED) is 0.221. The zero-order chi connectivity index (χ0) is 24.3. The van der Waals surface area contributed by atoms with Crippen molar-refractivity contribution in [3.63, 3.8) is 0 Å². The Hall–Kier alpha value is -2.01. The lowest BCUT2D eigenvalue weighted by Gasteiger charge is -2.14. The highest BCUT2D eigenvalue weighted by Gasteiger charge is 2.68. The Kier molecular flexibility index (Phi) is 5.99. The molecule has 0 spiro atoms. The van der Waals surface area contributed by atoms with Crippen molar-refractivity contribution in [1.29, 1.82) is 0 Å². The summed E-state index contributed by atoms with van der Waals surface area (Å²) < 4.78 is 48.8. The number of benzene rings is 2. The van der Waals surface area contributed by atoms with Gasteiger partial charge in [0.15, 0.2) is 5.69 Å². The summed E-state index contributed by atoms with van der Waals surface area (Å²) in [6.07, 6.45) is -2.77. The van der Waals surface area contributed by atoms with Gasteiger partial charge in [-0.05, 0) is 49.4 Å². The molecule has 0 aliphatic heterocycles. The van der Waals surface area contributed by atoms with E-state index in [0.29, 0.717) is 26.3 Å². The maximum absolute atomic E-state index is 13.6. The first-order valence-electron chi connectivity index (χ1n) is 9.94. The fourth-order valence-corrected chi connectivity index (χ4v) is 5.15. The molecule has 5 nitrogen and oxygen atoms in total. The Morgan fingerprint density at radius 2 is 1.79 bits per heavy atom. The summed E-state index contributed by atoms with van der Waals surface area (Å²) in [5.74, 6) is -0.525. The summed E-state index contributed by atoms with van der Waals surface area (Å²) in [7, 11) is 0. The Balaban J connectivity index is 1.71. The Labute approximate surface area is 214 Å². The van der Waals surface area contributed by atoms with E-state index in [9.17, 15) is 13.2 Å². The fraction of sp³-hybridized carbons (Fsp3) is 0.227. The summed E-state index contributed by atoms with van der Waals surface area (Å²) in [4.78, 5) is 0.653. The Morgan fingerprint density at radius 1 is 1.09 bits per heavy atom. The van der Waals surface area contributed by atoms with Crippen molar-refractivity contribution >= 4 is 50.9 Å². The van der Waals surface area contributed by atoms with Gasteiger partial charge in [-0.1, -0.05) is 51.3 Å². The van der Waals surface area contributed by atoms with Gasteiger partial charge in [-0.15, -0.1) is 22.0 Å². The molecule has 12 heteroatoms. The molecule has 2 heterocycles. The number of hydrogen-bond acceptors (Lipinski definition) is 5. The summed E-state index contributed by atoms with van der Waals surface area (Å²) in [5.41, 5.74) is 0.225. The molecule has 0 N–H and O–H groups in total. The molecule has 0 saturated heterocycles. The number of nitrogens with zero attached hydrogens (tertiary/aromatic N) is 4. The number of aromatic nitrogens is 4. The van der Waals surface area contributed by atoms with E-state index in [0.717, 1.165) is 10.0 Å². The van der Waals surface area contributed by atoms with Gasteiger partial charge in [-0.25, -0.2) is 4.68 Å². The third kappa shape index (κ3) is 3.94. The predicted molar refractivity (Wildman–Crippen MR) is 129 cm³/mol. The van der Waals surface area contributed by atoms with Crippen LogP contribution >= 0.6 is 50.9 Å². The van der Waals surface area contributed by atoms with E-state index in [1.54, 1.807) is 22.9 Å². The van der Waals surface area contributed by atoms with Crippen LogP contribution < -0.4 is 0 Å². The third-order valence-corrected chi connectivity index (χ3v) is 7.49. The van der Waals surface area contributed by atoms with Crippen molar-refractivity contribution in [3.05, 3.63) is 62.9 Å². The number of rotatable bonds is 5. The van der Waals surface area contributed by atoms with Gasteiger partial charge in [0.2, 0.25) is 5.89 Å². The zero-order valence-corrected chi connectivity index (χ0v) is 21.2. The van der Waals surface area contributed by atoms with E-state index < -0.39 is 17.5 Å². The molecule has 0 bridgehead atoms. The minimum atomic E-state index is -4.46. The molecule has 2 aromatic carbocycles. The van der Waals surface area contributed by atoms with Crippen LogP contribution in [0.5, 0.6) is 0 Å². The molecule has 1 aliphatic carbocycles. The molecule has 4 aromatic rings. The van der Waals surface area contributed by atoms with Crippen LogP contribution in [0.4, 0.5) is 13.2 Å². The first-order chi connectivity index (χ1) is 16.1. The van der Waals surface area contributed by atoms with Gasteiger partial charge in [-0.3, -0.25) is 0 Å². The normalized spacial score (nSPS) is 15.0. The molecule has 1 saturated carbocycles. The van der Waals surface area contributed by atoms with Crippen molar-refractivity contribution in [3.8, 4) is 28.5 Å². The number of halogens is 6. The number of thioether (sulfide) groups is 1. The van der Waals surface area contributed by atoms with Crippen LogP contribution in [0.3, 0.4) is 0 Å². The molecule has 2 aromatic heterocycles. The fourth-order valence-electron chi connectivity index (χ4n) is 3.68. The molecule has 0 unspecified atom stereocenters. The average Bonchev–Trinajstić information content (AvgIpc) is 3.32. The molecule has 1 aliphatic rings. The van der Waals surface area contributed by atoms with Gasteiger partial charge < -0.3 is 4.42 Å². The van der Waals surface area contributed by atoms with Crippen molar-refractivity contribution in [2.75, 3.05) is 6.26 Å². The number of hydrogen-bond donors (Lipinski definition) is 0. The van der Waals surface area contributed by atoms with E-state index in [1.165, 1.54) is 11.8 Å². The second-order valence-electron chi connectivity index (χ2n) is 7.74. The maximum Gasteiger partial charge on any atom is 0.403 e. The van der Waals surface area contributed by atoms with Crippen LogP contribution in [0.25, 0.3) is 28.5 Å². The van der Waals surface area contributed by atoms with Crippen LogP contribution in [0.15, 0.2) is 56.2 Å². The van der Waals surface area contributed by atoms with Crippen LogP contribution in [0, 0.1) is 0 Å². The molecule has 1 fully saturated rings. The second-order valence-corrected chi connectivity index (χ2v) is 10.3. The highest BCUT2D eigenvalue weighted by Crippen LogP contribution is 2.58. The molecular formula is C22H14BrCl2F3N4OS. The first kappa shape index (κ1) is 23.7. The van der Waals surface area contributed by atoms with Crippen LogP contribution in [-0.4, -0.2) is 32.4 Å². The Morgan fingerprint density at radius 3 is 2.38 bits per heavy atom. The minimum Gasteiger partial charge on any atom is -0.418 e. The maximum atomic E-state index is 13.6. The van der Waals surface area contributed by atoms with Crippen LogP contribution in [0.1, 0.15) is 18.7 Å². The van der Waals surface area contributed by atoms with Gasteiger partial charge in [0.1, 0.15) is 5.41 Å². The van der Waals surface area contributed by atoms with Crippen molar-refractivity contribution in [2.45, 2.75) is 29.3 Å². The molecule has 176 valence electrons.